The van der Waals surface area contributed by atoms with Crippen LogP contribution in [0, 0.1) is 0 Å². The fourth-order valence-corrected chi connectivity index (χ4v) is 1.64. The maximum atomic E-state index is 9.32. The Morgan fingerprint density at radius 3 is 2.53 bits per heavy atom. The monoisotopic (exact) mass is 226 g/mol. The van der Waals surface area contributed by atoms with Gasteiger partial charge in [-0.2, -0.15) is 11.8 Å². The van der Waals surface area contributed by atoms with Gasteiger partial charge >= 0.3 is 0 Å². The van der Waals surface area contributed by atoms with Crippen LogP contribution in [0.3, 0.4) is 0 Å². The largest absolute Gasteiger partial charge is 0.494 e. The second-order valence-corrected chi connectivity index (χ2v) is 4.43. The third kappa shape index (κ3) is 4.58. The quantitative estimate of drug-likeness (QED) is 0.756. The number of rotatable bonds is 6. The van der Waals surface area contributed by atoms with E-state index in [0.29, 0.717) is 0 Å². The zero-order valence-corrected chi connectivity index (χ0v) is 10.1. The minimum absolute atomic E-state index is 0.407. The van der Waals surface area contributed by atoms with Gasteiger partial charge in [0.1, 0.15) is 5.75 Å². The van der Waals surface area contributed by atoms with E-state index >= 15 is 0 Å². The van der Waals surface area contributed by atoms with E-state index in [1.54, 1.807) is 6.92 Å². The summed E-state index contributed by atoms with van der Waals surface area (Å²) < 4.78 is 5.55. The summed E-state index contributed by atoms with van der Waals surface area (Å²) in [5.74, 6) is 2.01. The van der Waals surface area contributed by atoms with E-state index in [2.05, 4.69) is 6.26 Å². The zero-order valence-electron chi connectivity index (χ0n) is 9.27. The molecule has 1 aromatic rings. The molecule has 0 aliphatic heterocycles. The van der Waals surface area contributed by atoms with Gasteiger partial charge in [-0.25, -0.2) is 0 Å². The van der Waals surface area contributed by atoms with Crippen molar-refractivity contribution in [2.45, 2.75) is 19.4 Å². The average molecular weight is 226 g/mol. The summed E-state index contributed by atoms with van der Waals surface area (Å²) in [6.07, 6.45) is 2.76. The SMILES string of the molecule is CSCCCOc1ccc([C@H](C)O)cc1. The second kappa shape index (κ2) is 6.75. The van der Waals surface area contributed by atoms with Gasteiger partial charge in [-0.05, 0) is 43.0 Å². The molecule has 0 unspecified atom stereocenters. The fourth-order valence-electron chi connectivity index (χ4n) is 1.24. The van der Waals surface area contributed by atoms with E-state index in [4.69, 9.17) is 4.74 Å². The lowest BCUT2D eigenvalue weighted by molar-refractivity contribution is 0.199. The topological polar surface area (TPSA) is 29.5 Å². The number of thioether (sulfide) groups is 1. The van der Waals surface area contributed by atoms with Crippen LogP contribution in [0.15, 0.2) is 24.3 Å². The maximum Gasteiger partial charge on any atom is 0.119 e. The normalized spacial score (nSPS) is 12.5. The molecule has 0 heterocycles. The molecule has 0 radical (unpaired) electrons. The van der Waals surface area contributed by atoms with Crippen LogP contribution >= 0.6 is 11.8 Å². The van der Waals surface area contributed by atoms with Crippen LogP contribution in [-0.2, 0) is 0 Å². The zero-order chi connectivity index (χ0) is 11.1. The molecule has 0 aliphatic rings. The van der Waals surface area contributed by atoms with Crippen LogP contribution in [0.1, 0.15) is 25.0 Å². The van der Waals surface area contributed by atoms with Gasteiger partial charge in [0, 0.05) is 0 Å². The molecule has 0 spiro atoms. The molecule has 1 rings (SSSR count). The third-order valence-electron chi connectivity index (χ3n) is 2.12. The first-order valence-electron chi connectivity index (χ1n) is 5.14. The highest BCUT2D eigenvalue weighted by molar-refractivity contribution is 7.98. The Hall–Kier alpha value is -0.670. The average Bonchev–Trinajstić information content (AvgIpc) is 2.25. The van der Waals surface area contributed by atoms with Gasteiger partial charge in [0.15, 0.2) is 0 Å². The van der Waals surface area contributed by atoms with Gasteiger partial charge in [-0.15, -0.1) is 0 Å². The molecule has 0 amide bonds. The molecule has 0 aliphatic carbocycles. The summed E-state index contributed by atoms with van der Waals surface area (Å²) in [7, 11) is 0. The number of benzene rings is 1. The van der Waals surface area contributed by atoms with Crippen LogP contribution in [0.2, 0.25) is 0 Å². The second-order valence-electron chi connectivity index (χ2n) is 3.44. The first kappa shape index (κ1) is 12.4. The minimum atomic E-state index is -0.407. The summed E-state index contributed by atoms with van der Waals surface area (Å²) in [6, 6.07) is 7.60. The van der Waals surface area contributed by atoms with Gasteiger partial charge < -0.3 is 9.84 Å². The molecular formula is C12H18O2S. The Bertz CT molecular complexity index is 269. The molecule has 0 bridgehead atoms. The molecular weight excluding hydrogens is 208 g/mol. The fraction of sp³-hybridized carbons (Fsp3) is 0.500. The molecule has 0 saturated heterocycles. The van der Waals surface area contributed by atoms with Crippen LogP contribution < -0.4 is 4.74 Å². The van der Waals surface area contributed by atoms with Crippen LogP contribution in [0.25, 0.3) is 0 Å². The maximum absolute atomic E-state index is 9.32. The van der Waals surface area contributed by atoms with Crippen molar-refractivity contribution in [3.05, 3.63) is 29.8 Å². The van der Waals surface area contributed by atoms with Crippen molar-refractivity contribution in [3.63, 3.8) is 0 Å². The molecule has 84 valence electrons. The summed E-state index contributed by atoms with van der Waals surface area (Å²) in [4.78, 5) is 0. The smallest absolute Gasteiger partial charge is 0.119 e. The van der Waals surface area contributed by atoms with Crippen LogP contribution in [0.5, 0.6) is 5.75 Å². The highest BCUT2D eigenvalue weighted by atomic mass is 32.2. The molecule has 1 atom stereocenters. The van der Waals surface area contributed by atoms with Crippen molar-refractivity contribution in [1.82, 2.24) is 0 Å². The molecule has 2 nitrogen and oxygen atoms in total. The lowest BCUT2D eigenvalue weighted by Crippen LogP contribution is -1.99. The van der Waals surface area contributed by atoms with Gasteiger partial charge in [0.25, 0.3) is 0 Å². The van der Waals surface area contributed by atoms with E-state index in [1.165, 1.54) is 0 Å². The van der Waals surface area contributed by atoms with Crippen molar-refractivity contribution in [3.8, 4) is 5.75 Å². The lowest BCUT2D eigenvalue weighted by atomic mass is 10.1. The Morgan fingerprint density at radius 2 is 2.00 bits per heavy atom. The highest BCUT2D eigenvalue weighted by Gasteiger charge is 2.00. The van der Waals surface area contributed by atoms with Crippen molar-refractivity contribution in [2.75, 3.05) is 18.6 Å². The van der Waals surface area contributed by atoms with Gasteiger partial charge in [0.2, 0.25) is 0 Å². The van der Waals surface area contributed by atoms with E-state index in [0.717, 1.165) is 30.1 Å². The van der Waals surface area contributed by atoms with Gasteiger partial charge in [0.05, 0.1) is 12.7 Å². The Kier molecular flexibility index (Phi) is 5.58. The van der Waals surface area contributed by atoms with Gasteiger partial charge in [-0.3, -0.25) is 0 Å². The lowest BCUT2D eigenvalue weighted by Gasteiger charge is -2.08. The number of ether oxygens (including phenoxy) is 1. The Morgan fingerprint density at radius 1 is 1.33 bits per heavy atom. The Balaban J connectivity index is 2.36. The highest BCUT2D eigenvalue weighted by Crippen LogP contribution is 2.17. The van der Waals surface area contributed by atoms with E-state index < -0.39 is 6.10 Å². The number of hydrogen-bond acceptors (Lipinski definition) is 3. The van der Waals surface area contributed by atoms with Crippen molar-refractivity contribution >= 4 is 11.8 Å². The van der Waals surface area contributed by atoms with Crippen LogP contribution in [0.4, 0.5) is 0 Å². The third-order valence-corrected chi connectivity index (χ3v) is 2.82. The van der Waals surface area contributed by atoms with Crippen molar-refractivity contribution < 1.29 is 9.84 Å². The summed E-state index contributed by atoms with van der Waals surface area (Å²) >= 11 is 1.83. The predicted molar refractivity (Wildman–Crippen MR) is 65.6 cm³/mol. The van der Waals surface area contributed by atoms with E-state index in [-0.39, 0.29) is 0 Å². The first-order chi connectivity index (χ1) is 7.24. The summed E-state index contributed by atoms with van der Waals surface area (Å²) in [5, 5.41) is 9.32. The molecule has 0 saturated carbocycles. The molecule has 0 fully saturated rings. The number of aliphatic hydroxyl groups excluding tert-OH is 1. The number of aliphatic hydroxyl groups is 1. The summed E-state index contributed by atoms with van der Waals surface area (Å²) in [6.45, 7) is 2.52. The molecule has 3 heteroatoms. The van der Waals surface area contributed by atoms with E-state index in [9.17, 15) is 5.11 Å². The van der Waals surface area contributed by atoms with Gasteiger partial charge in [-0.1, -0.05) is 12.1 Å². The molecule has 0 aromatic heterocycles. The molecule has 15 heavy (non-hydrogen) atoms. The number of hydrogen-bond donors (Lipinski definition) is 1. The molecule has 1 N–H and O–H groups in total. The van der Waals surface area contributed by atoms with Crippen molar-refractivity contribution in [2.24, 2.45) is 0 Å². The predicted octanol–water partition coefficient (Wildman–Crippen LogP) is 2.87. The minimum Gasteiger partial charge on any atom is -0.494 e. The van der Waals surface area contributed by atoms with E-state index in [1.807, 2.05) is 36.0 Å². The Labute approximate surface area is 95.7 Å². The molecule has 1 aromatic carbocycles. The standard InChI is InChI=1S/C12H18O2S/c1-10(13)11-4-6-12(7-5-11)14-8-3-9-15-2/h4-7,10,13H,3,8-9H2,1-2H3/t10-/m0/s1. The van der Waals surface area contributed by atoms with Crippen LogP contribution in [-0.4, -0.2) is 23.7 Å². The first-order valence-corrected chi connectivity index (χ1v) is 6.53. The van der Waals surface area contributed by atoms with Crippen molar-refractivity contribution in [1.29, 1.82) is 0 Å². The summed E-state index contributed by atoms with van der Waals surface area (Å²) in [5.41, 5.74) is 0.923.